The zero-order chi connectivity index (χ0) is 23.4. The van der Waals surface area contributed by atoms with Gasteiger partial charge in [0.2, 0.25) is 5.02 Å². The molecule has 3 heterocycles. The maximum Gasteiger partial charge on any atom is 0.267 e. The number of aromatic nitrogens is 3. The third-order valence-electron chi connectivity index (χ3n) is 5.37. The number of aliphatic hydroxyl groups is 1. The molecule has 33 heavy (non-hydrogen) atoms. The Morgan fingerprint density at radius 2 is 2.00 bits per heavy atom. The number of hydrogen-bond donors (Lipinski definition) is 3. The fourth-order valence-electron chi connectivity index (χ4n) is 3.64. The van der Waals surface area contributed by atoms with Crippen molar-refractivity contribution in [2.24, 2.45) is 0 Å². The van der Waals surface area contributed by atoms with E-state index in [-0.39, 0.29) is 12.5 Å². The van der Waals surface area contributed by atoms with Gasteiger partial charge in [0.05, 0.1) is 12.8 Å². The summed E-state index contributed by atoms with van der Waals surface area (Å²) < 4.78 is 0. The van der Waals surface area contributed by atoms with Gasteiger partial charge in [-0.15, -0.1) is 0 Å². The molecule has 2 aromatic heterocycles. The Labute approximate surface area is 201 Å². The van der Waals surface area contributed by atoms with Gasteiger partial charge in [0.1, 0.15) is 28.0 Å². The molecule has 1 aliphatic heterocycles. The number of nitrogens with zero attached hydrogens (tertiary/aromatic N) is 5. The SMILES string of the molecule is Cc1nc(Nc2ncc(C(=O)Nc3c(C)cccc3[ClH+])s2)cc(N2CCN(CCO)CC2)n1. The summed E-state index contributed by atoms with van der Waals surface area (Å²) in [5.74, 6) is 1.88. The second-order valence-electron chi connectivity index (χ2n) is 7.77. The number of piperazine rings is 1. The van der Waals surface area contributed by atoms with Gasteiger partial charge in [0.15, 0.2) is 16.7 Å². The number of thiazole rings is 1. The van der Waals surface area contributed by atoms with E-state index in [1.807, 2.05) is 32.0 Å². The van der Waals surface area contributed by atoms with Gasteiger partial charge in [-0.05, 0) is 19.4 Å². The number of carbonyl (C=O) groups is 1. The van der Waals surface area contributed by atoms with Crippen LogP contribution >= 0.6 is 11.3 Å². The van der Waals surface area contributed by atoms with Crippen LogP contribution in [0.3, 0.4) is 0 Å². The average molecular weight is 489 g/mol. The minimum absolute atomic E-state index is 0.174. The number of β-amino-alcohol motifs (C(OH)–C–C–N with tert-alkyl or cyclic N) is 1. The zero-order valence-corrected chi connectivity index (χ0v) is 20.2. The number of hydrogen-bond acceptors (Lipinski definition) is 9. The van der Waals surface area contributed by atoms with E-state index < -0.39 is 0 Å². The van der Waals surface area contributed by atoms with Gasteiger partial charge in [-0.25, -0.2) is 15.0 Å². The number of carbonyl (C=O) groups excluding carboxylic acids is 1. The number of anilines is 4. The first-order valence-electron chi connectivity index (χ1n) is 10.7. The third kappa shape index (κ3) is 5.77. The van der Waals surface area contributed by atoms with Crippen molar-refractivity contribution in [3.8, 4) is 0 Å². The van der Waals surface area contributed by atoms with Crippen LogP contribution in [-0.4, -0.2) is 70.2 Å². The summed E-state index contributed by atoms with van der Waals surface area (Å²) in [6, 6.07) is 7.47. The lowest BCUT2D eigenvalue weighted by molar-refractivity contribution is -0.287. The minimum atomic E-state index is -0.249. The van der Waals surface area contributed by atoms with Crippen LogP contribution in [0.15, 0.2) is 30.5 Å². The number of benzene rings is 1. The van der Waals surface area contributed by atoms with Crippen LogP contribution in [0, 0.1) is 25.4 Å². The van der Waals surface area contributed by atoms with Crippen molar-refractivity contribution in [1.29, 1.82) is 0 Å². The van der Waals surface area contributed by atoms with E-state index in [2.05, 4.69) is 35.4 Å². The molecular weight excluding hydrogens is 462 g/mol. The van der Waals surface area contributed by atoms with Crippen molar-refractivity contribution >= 4 is 39.7 Å². The summed E-state index contributed by atoms with van der Waals surface area (Å²) in [6.45, 7) is 8.06. The minimum Gasteiger partial charge on any atom is -0.395 e. The predicted octanol–water partition coefficient (Wildman–Crippen LogP) is 2.36. The number of halogens is 1. The van der Waals surface area contributed by atoms with Crippen molar-refractivity contribution in [1.82, 2.24) is 19.9 Å². The molecule has 174 valence electrons. The monoisotopic (exact) mass is 488 g/mol. The van der Waals surface area contributed by atoms with E-state index in [1.165, 1.54) is 11.3 Å². The van der Waals surface area contributed by atoms with Crippen molar-refractivity contribution in [2.45, 2.75) is 13.8 Å². The van der Waals surface area contributed by atoms with E-state index in [4.69, 9.17) is 16.7 Å². The molecule has 1 aliphatic rings. The highest BCUT2D eigenvalue weighted by Gasteiger charge is 2.20. The Hall–Kier alpha value is -2.79. The van der Waals surface area contributed by atoms with Gasteiger partial charge in [0, 0.05) is 44.9 Å². The molecule has 0 bridgehead atoms. The Balaban J connectivity index is 1.43. The van der Waals surface area contributed by atoms with Gasteiger partial charge in [-0.3, -0.25) is 9.69 Å². The maximum absolute atomic E-state index is 12.7. The van der Waals surface area contributed by atoms with Crippen molar-refractivity contribution in [3.63, 3.8) is 0 Å². The summed E-state index contributed by atoms with van der Waals surface area (Å²) in [6.07, 6.45) is 1.54. The Bertz CT molecular complexity index is 1110. The summed E-state index contributed by atoms with van der Waals surface area (Å²) in [5.41, 5.74) is 1.57. The molecule has 11 heteroatoms. The molecular formula is C22H27ClN7O2S+. The lowest BCUT2D eigenvalue weighted by Crippen LogP contribution is -2.47. The van der Waals surface area contributed by atoms with E-state index in [0.29, 0.717) is 38.9 Å². The number of nitrogens with one attached hydrogen (secondary N) is 2. The average Bonchev–Trinajstić information content (AvgIpc) is 3.25. The first kappa shape index (κ1) is 23.4. The third-order valence-corrected chi connectivity index (χ3v) is 6.63. The maximum atomic E-state index is 12.7. The number of rotatable bonds is 7. The molecule has 0 radical (unpaired) electrons. The van der Waals surface area contributed by atoms with Crippen LogP contribution < -0.4 is 15.5 Å². The van der Waals surface area contributed by atoms with E-state index in [1.54, 1.807) is 12.3 Å². The highest BCUT2D eigenvalue weighted by molar-refractivity contribution is 7.17. The quantitative estimate of drug-likeness (QED) is 0.465. The first-order valence-corrected chi connectivity index (χ1v) is 11.9. The van der Waals surface area contributed by atoms with Crippen molar-refractivity contribution < 1.29 is 21.5 Å². The molecule has 3 N–H and O–H groups in total. The lowest BCUT2D eigenvalue weighted by atomic mass is 10.2. The van der Waals surface area contributed by atoms with Crippen molar-refractivity contribution in [2.75, 3.05) is 54.9 Å². The summed E-state index contributed by atoms with van der Waals surface area (Å²) in [4.78, 5) is 31.0. The van der Waals surface area contributed by atoms with Gasteiger partial charge in [-0.2, -0.15) is 0 Å². The molecule has 9 nitrogen and oxygen atoms in total. The first-order chi connectivity index (χ1) is 15.9. The number of aliphatic hydroxyl groups excluding tert-OH is 1. The Morgan fingerprint density at radius 3 is 2.73 bits per heavy atom. The van der Waals surface area contributed by atoms with E-state index in [0.717, 1.165) is 37.6 Å². The molecule has 3 aromatic rings. The molecule has 0 saturated carbocycles. The molecule has 1 amide bonds. The summed E-state index contributed by atoms with van der Waals surface area (Å²) >= 11 is 6.57. The van der Waals surface area contributed by atoms with Crippen LogP contribution in [-0.2, 0) is 0 Å². The standard InChI is InChI=1S/C22H26ClN7O2S/c1-14-4-3-5-16(23)20(14)28-21(32)17-13-24-22(33-17)27-18-12-19(26-15(2)25-18)30-8-6-29(7-9-30)10-11-31/h3-5,12-13,23,31H,6-11H2,1-2H3,(H-,24,25,26,27,28,32)/p+1. The van der Waals surface area contributed by atoms with Crippen LogP contribution in [0.1, 0.15) is 21.1 Å². The molecule has 0 unspecified atom stereocenters. The largest absolute Gasteiger partial charge is 0.395 e. The lowest BCUT2D eigenvalue weighted by Gasteiger charge is -2.35. The number of amides is 1. The molecule has 1 aromatic carbocycles. The zero-order valence-electron chi connectivity index (χ0n) is 18.5. The van der Waals surface area contributed by atoms with Gasteiger partial charge in [-0.1, -0.05) is 23.5 Å². The second-order valence-corrected chi connectivity index (χ2v) is 9.24. The fraction of sp³-hybridized carbons (Fsp3) is 0.364. The van der Waals surface area contributed by atoms with Crippen molar-refractivity contribution in [3.05, 3.63) is 51.7 Å². The summed E-state index contributed by atoms with van der Waals surface area (Å²) in [7, 11) is 0. The predicted molar refractivity (Wildman–Crippen MR) is 128 cm³/mol. The molecule has 0 spiro atoms. The number of para-hydroxylation sites is 1. The molecule has 1 fully saturated rings. The molecule has 0 atom stereocenters. The van der Waals surface area contributed by atoms with Gasteiger partial charge >= 0.3 is 0 Å². The van der Waals surface area contributed by atoms with E-state index >= 15 is 0 Å². The van der Waals surface area contributed by atoms with Crippen LogP contribution in [0.2, 0.25) is 5.02 Å². The summed E-state index contributed by atoms with van der Waals surface area (Å²) in [5, 5.41) is 16.4. The fourth-order valence-corrected chi connectivity index (χ4v) is 4.65. The smallest absolute Gasteiger partial charge is 0.267 e. The topological polar surface area (TPSA) is 107 Å². The Kier molecular flexibility index (Phi) is 7.39. The Morgan fingerprint density at radius 1 is 1.21 bits per heavy atom. The second kappa shape index (κ2) is 10.4. The number of aryl methyl sites for hydroxylation is 2. The van der Waals surface area contributed by atoms with Gasteiger partial charge in [0.25, 0.3) is 5.91 Å². The van der Waals surface area contributed by atoms with Gasteiger partial charge < -0.3 is 20.6 Å². The molecule has 4 rings (SSSR count). The van der Waals surface area contributed by atoms with Crippen LogP contribution in [0.4, 0.5) is 22.5 Å². The normalized spacial score (nSPS) is 14.4. The van der Waals surface area contributed by atoms with E-state index in [9.17, 15) is 4.79 Å². The molecule has 0 aliphatic carbocycles. The highest BCUT2D eigenvalue weighted by Crippen LogP contribution is 2.27. The van der Waals surface area contributed by atoms with Crippen LogP contribution in [0.25, 0.3) is 0 Å². The van der Waals surface area contributed by atoms with Crippen LogP contribution in [0.5, 0.6) is 0 Å². The molecule has 1 saturated heterocycles. The highest BCUT2D eigenvalue weighted by atomic mass is 35.5.